The average Bonchev–Trinajstić information content (AvgIpc) is 2.83. The first kappa shape index (κ1) is 13.1. The Hall–Kier alpha value is -1.39. The van der Waals surface area contributed by atoms with E-state index in [1.54, 1.807) is 4.90 Å². The van der Waals surface area contributed by atoms with Crippen molar-refractivity contribution in [1.82, 2.24) is 4.90 Å². The molecule has 2 unspecified atom stereocenters. The van der Waals surface area contributed by atoms with E-state index in [4.69, 9.17) is 0 Å². The average molecular weight is 249 g/mol. The van der Waals surface area contributed by atoms with Crippen LogP contribution in [0.4, 0.5) is 0 Å². The summed E-state index contributed by atoms with van der Waals surface area (Å²) in [6.07, 6.45) is 0.322. The molecule has 1 heterocycles. The van der Waals surface area contributed by atoms with Crippen molar-refractivity contribution in [2.75, 3.05) is 13.1 Å². The molecule has 4 heteroatoms. The first-order valence-electron chi connectivity index (χ1n) is 6.35. The van der Waals surface area contributed by atoms with Crippen LogP contribution in [0.5, 0.6) is 0 Å². The number of hydrogen-bond donors (Lipinski definition) is 2. The third-order valence-electron chi connectivity index (χ3n) is 3.31. The molecule has 0 spiro atoms. The van der Waals surface area contributed by atoms with Crippen molar-refractivity contribution >= 4 is 5.91 Å². The van der Waals surface area contributed by atoms with E-state index in [-0.39, 0.29) is 5.91 Å². The Labute approximate surface area is 107 Å². The number of nitrogens with zero attached hydrogens (tertiary/aromatic N) is 1. The summed E-state index contributed by atoms with van der Waals surface area (Å²) in [7, 11) is 0. The van der Waals surface area contributed by atoms with E-state index in [1.807, 2.05) is 30.3 Å². The third kappa shape index (κ3) is 3.31. The quantitative estimate of drug-likeness (QED) is 0.820. The third-order valence-corrected chi connectivity index (χ3v) is 3.31. The van der Waals surface area contributed by atoms with Gasteiger partial charge >= 0.3 is 0 Å². The summed E-state index contributed by atoms with van der Waals surface area (Å²) in [5, 5.41) is 19.2. The van der Waals surface area contributed by atoms with Crippen molar-refractivity contribution in [2.24, 2.45) is 0 Å². The number of β-amino-alcohol motifs (C(OH)–C–C–N with tert-alkyl or cyclic N) is 1. The molecule has 1 aromatic rings. The van der Waals surface area contributed by atoms with Gasteiger partial charge in [-0.15, -0.1) is 0 Å². The minimum Gasteiger partial charge on any atom is -0.391 e. The second-order valence-electron chi connectivity index (χ2n) is 4.77. The van der Waals surface area contributed by atoms with Crippen molar-refractivity contribution in [3.05, 3.63) is 35.9 Å². The Morgan fingerprint density at radius 3 is 2.72 bits per heavy atom. The molecule has 2 atom stereocenters. The molecule has 2 N–H and O–H groups in total. The molecule has 18 heavy (non-hydrogen) atoms. The lowest BCUT2D eigenvalue weighted by Gasteiger charge is -2.19. The summed E-state index contributed by atoms with van der Waals surface area (Å²) >= 11 is 0. The van der Waals surface area contributed by atoms with E-state index in [0.717, 1.165) is 5.56 Å². The normalized spacial score (nSPS) is 21.0. The number of rotatable bonds is 4. The Kier molecular flexibility index (Phi) is 4.33. The second-order valence-corrected chi connectivity index (χ2v) is 4.77. The number of carbonyl (C=O) groups is 1. The molecule has 1 aliphatic heterocycles. The van der Waals surface area contributed by atoms with Crippen LogP contribution in [0, 0.1) is 0 Å². The standard InChI is InChI=1S/C14H19NO3/c16-12-8-9-15(10-12)14(18)13(17)7-6-11-4-2-1-3-5-11/h1-5,12-13,16-17H,6-10H2. The van der Waals surface area contributed by atoms with Crippen LogP contribution in [-0.4, -0.2) is 46.3 Å². The highest BCUT2D eigenvalue weighted by Gasteiger charge is 2.28. The molecule has 1 saturated heterocycles. The monoisotopic (exact) mass is 249 g/mol. The van der Waals surface area contributed by atoms with Crippen LogP contribution in [0.1, 0.15) is 18.4 Å². The van der Waals surface area contributed by atoms with Gasteiger partial charge in [0.2, 0.25) is 0 Å². The molecule has 98 valence electrons. The molecule has 2 rings (SSSR count). The van der Waals surface area contributed by atoms with Gasteiger partial charge in [-0.1, -0.05) is 30.3 Å². The number of aryl methyl sites for hydroxylation is 1. The summed E-state index contributed by atoms with van der Waals surface area (Å²) in [5.41, 5.74) is 1.12. The predicted octanol–water partition coefficient (Wildman–Crippen LogP) is 0.573. The van der Waals surface area contributed by atoms with Gasteiger partial charge in [0.05, 0.1) is 6.10 Å². The van der Waals surface area contributed by atoms with Crippen LogP contribution >= 0.6 is 0 Å². The molecule has 0 saturated carbocycles. The van der Waals surface area contributed by atoms with E-state index < -0.39 is 12.2 Å². The fourth-order valence-electron chi connectivity index (χ4n) is 2.22. The Bertz CT molecular complexity index is 393. The topological polar surface area (TPSA) is 60.8 Å². The van der Waals surface area contributed by atoms with Crippen LogP contribution in [0.25, 0.3) is 0 Å². The lowest BCUT2D eigenvalue weighted by molar-refractivity contribution is -0.139. The van der Waals surface area contributed by atoms with Crippen LogP contribution in [0.2, 0.25) is 0 Å². The molecule has 0 radical (unpaired) electrons. The van der Waals surface area contributed by atoms with Crippen LogP contribution in [0.3, 0.4) is 0 Å². The summed E-state index contributed by atoms with van der Waals surface area (Å²) in [4.78, 5) is 13.4. The molecule has 1 amide bonds. The maximum absolute atomic E-state index is 11.9. The number of aliphatic hydroxyl groups excluding tert-OH is 2. The van der Waals surface area contributed by atoms with Crippen LogP contribution in [0.15, 0.2) is 30.3 Å². The van der Waals surface area contributed by atoms with Gasteiger partial charge in [0.1, 0.15) is 6.10 Å². The van der Waals surface area contributed by atoms with Gasteiger partial charge in [-0.3, -0.25) is 4.79 Å². The maximum Gasteiger partial charge on any atom is 0.251 e. The number of carbonyl (C=O) groups excluding carboxylic acids is 1. The summed E-state index contributed by atoms with van der Waals surface area (Å²) in [6.45, 7) is 0.892. The van der Waals surface area contributed by atoms with Crippen molar-refractivity contribution in [1.29, 1.82) is 0 Å². The van der Waals surface area contributed by atoms with Gasteiger partial charge in [0.15, 0.2) is 0 Å². The molecule has 1 aromatic carbocycles. The highest BCUT2D eigenvalue weighted by molar-refractivity contribution is 5.80. The minimum atomic E-state index is -0.962. The minimum absolute atomic E-state index is 0.262. The summed E-state index contributed by atoms with van der Waals surface area (Å²) < 4.78 is 0. The van der Waals surface area contributed by atoms with Gasteiger partial charge < -0.3 is 15.1 Å². The van der Waals surface area contributed by atoms with E-state index in [1.165, 1.54) is 0 Å². The van der Waals surface area contributed by atoms with Gasteiger partial charge in [-0.25, -0.2) is 0 Å². The van der Waals surface area contributed by atoms with Gasteiger partial charge in [-0.05, 0) is 24.8 Å². The van der Waals surface area contributed by atoms with E-state index in [9.17, 15) is 15.0 Å². The van der Waals surface area contributed by atoms with Crippen molar-refractivity contribution in [3.63, 3.8) is 0 Å². The van der Waals surface area contributed by atoms with Crippen molar-refractivity contribution in [2.45, 2.75) is 31.5 Å². The lowest BCUT2D eigenvalue weighted by Crippen LogP contribution is -2.38. The number of hydrogen-bond acceptors (Lipinski definition) is 3. The number of likely N-dealkylation sites (tertiary alicyclic amines) is 1. The van der Waals surface area contributed by atoms with Gasteiger partial charge in [0.25, 0.3) is 5.91 Å². The Balaban J connectivity index is 1.81. The zero-order valence-corrected chi connectivity index (χ0v) is 10.3. The fraction of sp³-hybridized carbons (Fsp3) is 0.500. The molecule has 1 aliphatic rings. The largest absolute Gasteiger partial charge is 0.391 e. The molecular weight excluding hydrogens is 230 g/mol. The number of aliphatic hydroxyl groups is 2. The fourth-order valence-corrected chi connectivity index (χ4v) is 2.22. The van der Waals surface area contributed by atoms with Crippen molar-refractivity contribution in [3.8, 4) is 0 Å². The van der Waals surface area contributed by atoms with E-state index in [0.29, 0.717) is 32.4 Å². The van der Waals surface area contributed by atoms with Gasteiger partial charge in [-0.2, -0.15) is 0 Å². The predicted molar refractivity (Wildman–Crippen MR) is 68.0 cm³/mol. The van der Waals surface area contributed by atoms with Crippen molar-refractivity contribution < 1.29 is 15.0 Å². The molecule has 4 nitrogen and oxygen atoms in total. The zero-order valence-electron chi connectivity index (χ0n) is 10.3. The molecule has 1 fully saturated rings. The van der Waals surface area contributed by atoms with E-state index in [2.05, 4.69) is 0 Å². The van der Waals surface area contributed by atoms with Crippen LogP contribution < -0.4 is 0 Å². The second kappa shape index (κ2) is 5.98. The first-order chi connectivity index (χ1) is 8.66. The molecule has 0 bridgehead atoms. The summed E-state index contributed by atoms with van der Waals surface area (Å²) in [5.74, 6) is -0.262. The summed E-state index contributed by atoms with van der Waals surface area (Å²) in [6, 6.07) is 9.80. The number of amides is 1. The molecular formula is C14H19NO3. The SMILES string of the molecule is O=C(C(O)CCc1ccccc1)N1CCC(O)C1. The Morgan fingerprint density at radius 1 is 1.39 bits per heavy atom. The Morgan fingerprint density at radius 2 is 2.11 bits per heavy atom. The number of benzene rings is 1. The molecule has 0 aliphatic carbocycles. The molecule has 0 aromatic heterocycles. The highest BCUT2D eigenvalue weighted by atomic mass is 16.3. The van der Waals surface area contributed by atoms with E-state index >= 15 is 0 Å². The zero-order chi connectivity index (χ0) is 13.0. The van der Waals surface area contributed by atoms with Gasteiger partial charge in [0, 0.05) is 13.1 Å². The smallest absolute Gasteiger partial charge is 0.251 e. The highest BCUT2D eigenvalue weighted by Crippen LogP contribution is 2.13. The van der Waals surface area contributed by atoms with Crippen LogP contribution in [-0.2, 0) is 11.2 Å². The lowest BCUT2D eigenvalue weighted by atomic mass is 10.1. The maximum atomic E-state index is 11.9. The first-order valence-corrected chi connectivity index (χ1v) is 6.35.